The number of carbonyl (C=O) groups excluding carboxylic acids is 2. The Bertz CT molecular complexity index is 1460. The summed E-state index contributed by atoms with van der Waals surface area (Å²) in [5.41, 5.74) is 3.08. The van der Waals surface area contributed by atoms with Gasteiger partial charge in [0.25, 0.3) is 0 Å². The molecular formula is C30H27F3N4O3. The number of amides is 1. The lowest BCUT2D eigenvalue weighted by Crippen LogP contribution is -2.45. The van der Waals surface area contributed by atoms with E-state index in [1.165, 1.54) is 36.3 Å². The number of nitrogens with zero attached hydrogens (tertiary/aromatic N) is 4. The third kappa shape index (κ3) is 7.22. The van der Waals surface area contributed by atoms with Crippen LogP contribution in [0.15, 0.2) is 91.5 Å². The van der Waals surface area contributed by atoms with Crippen LogP contribution in [0.5, 0.6) is 0 Å². The van der Waals surface area contributed by atoms with Gasteiger partial charge in [0, 0.05) is 44.7 Å². The number of aromatic nitrogens is 3. The Labute approximate surface area is 229 Å². The summed E-state index contributed by atoms with van der Waals surface area (Å²) in [5.74, 6) is -1.11. The number of benzene rings is 2. The van der Waals surface area contributed by atoms with E-state index in [0.717, 1.165) is 34.4 Å². The van der Waals surface area contributed by atoms with E-state index in [4.69, 9.17) is 4.74 Å². The molecule has 1 unspecified atom stereocenters. The zero-order valence-electron chi connectivity index (χ0n) is 21.9. The van der Waals surface area contributed by atoms with Gasteiger partial charge in [0.15, 0.2) is 0 Å². The zero-order valence-corrected chi connectivity index (χ0v) is 21.9. The van der Waals surface area contributed by atoms with Crippen molar-refractivity contribution in [3.63, 3.8) is 0 Å². The molecule has 0 bridgehead atoms. The number of esters is 1. The van der Waals surface area contributed by atoms with Crippen molar-refractivity contribution in [2.45, 2.75) is 25.2 Å². The van der Waals surface area contributed by atoms with E-state index < -0.39 is 29.7 Å². The number of methoxy groups -OCH3 is 1. The number of alkyl halides is 3. The molecule has 10 heteroatoms. The first-order valence-electron chi connectivity index (χ1n) is 12.3. The van der Waals surface area contributed by atoms with Crippen LogP contribution in [-0.4, -0.2) is 44.7 Å². The fourth-order valence-corrected chi connectivity index (χ4v) is 4.19. The SMILES string of the molecule is COC(=O)C(Cc1cnn(C)c1)N(Cc1ccc(-c2ccncc2)cc1)C(=O)/C=C/c1ccc(C(F)(F)F)cc1. The number of pyridine rings is 1. The van der Waals surface area contributed by atoms with Gasteiger partial charge in [0.1, 0.15) is 6.04 Å². The molecule has 0 N–H and O–H groups in total. The molecule has 0 aliphatic heterocycles. The molecule has 4 aromatic rings. The maximum absolute atomic E-state index is 13.5. The van der Waals surface area contributed by atoms with Crippen LogP contribution in [0.25, 0.3) is 17.2 Å². The van der Waals surface area contributed by atoms with E-state index in [-0.39, 0.29) is 13.0 Å². The molecule has 1 amide bonds. The molecule has 0 saturated heterocycles. The van der Waals surface area contributed by atoms with Crippen molar-refractivity contribution in [1.82, 2.24) is 19.7 Å². The molecule has 0 spiro atoms. The lowest BCUT2D eigenvalue weighted by Gasteiger charge is -2.29. The minimum Gasteiger partial charge on any atom is -0.467 e. The van der Waals surface area contributed by atoms with Gasteiger partial charge in [-0.05, 0) is 58.2 Å². The molecule has 0 aliphatic rings. The van der Waals surface area contributed by atoms with Crippen molar-refractivity contribution in [2.75, 3.05) is 7.11 Å². The summed E-state index contributed by atoms with van der Waals surface area (Å²) in [6.45, 7) is 0.0901. The number of ether oxygens (including phenoxy) is 1. The molecule has 206 valence electrons. The van der Waals surface area contributed by atoms with Crippen molar-refractivity contribution in [2.24, 2.45) is 7.05 Å². The number of hydrogen-bond acceptors (Lipinski definition) is 5. The highest BCUT2D eigenvalue weighted by atomic mass is 19.4. The second-order valence-electron chi connectivity index (χ2n) is 9.12. The monoisotopic (exact) mass is 548 g/mol. The first-order chi connectivity index (χ1) is 19.1. The second kappa shape index (κ2) is 12.4. The van der Waals surface area contributed by atoms with Gasteiger partial charge in [-0.1, -0.05) is 36.4 Å². The van der Waals surface area contributed by atoms with Gasteiger partial charge < -0.3 is 9.64 Å². The molecule has 1 atom stereocenters. The summed E-state index contributed by atoms with van der Waals surface area (Å²) in [4.78, 5) is 31.9. The van der Waals surface area contributed by atoms with E-state index >= 15 is 0 Å². The van der Waals surface area contributed by atoms with Gasteiger partial charge >= 0.3 is 12.1 Å². The highest BCUT2D eigenvalue weighted by Gasteiger charge is 2.31. The summed E-state index contributed by atoms with van der Waals surface area (Å²) in [5, 5.41) is 4.14. The largest absolute Gasteiger partial charge is 0.467 e. The Hall–Kier alpha value is -4.73. The molecule has 2 aromatic heterocycles. The lowest BCUT2D eigenvalue weighted by atomic mass is 10.0. The zero-order chi connectivity index (χ0) is 28.7. The highest BCUT2D eigenvalue weighted by Crippen LogP contribution is 2.29. The van der Waals surface area contributed by atoms with E-state index in [2.05, 4.69) is 10.1 Å². The molecule has 4 rings (SSSR count). The molecule has 0 saturated carbocycles. The summed E-state index contributed by atoms with van der Waals surface area (Å²) in [7, 11) is 3.00. The van der Waals surface area contributed by atoms with E-state index in [1.54, 1.807) is 36.5 Å². The van der Waals surface area contributed by atoms with Crippen LogP contribution in [0, 0.1) is 0 Å². The maximum Gasteiger partial charge on any atom is 0.416 e. The number of carbonyl (C=O) groups is 2. The Morgan fingerprint density at radius 1 is 0.975 bits per heavy atom. The predicted molar refractivity (Wildman–Crippen MR) is 143 cm³/mol. The van der Waals surface area contributed by atoms with Gasteiger partial charge in [-0.3, -0.25) is 14.5 Å². The van der Waals surface area contributed by atoms with Crippen molar-refractivity contribution >= 4 is 18.0 Å². The summed E-state index contributed by atoms with van der Waals surface area (Å²) < 4.78 is 45.4. The minimum absolute atomic E-state index is 0.0901. The third-order valence-corrected chi connectivity index (χ3v) is 6.30. The van der Waals surface area contributed by atoms with Crippen LogP contribution in [0.1, 0.15) is 22.3 Å². The molecule has 40 heavy (non-hydrogen) atoms. The molecule has 0 fully saturated rings. The lowest BCUT2D eigenvalue weighted by molar-refractivity contribution is -0.151. The maximum atomic E-state index is 13.5. The summed E-state index contributed by atoms with van der Waals surface area (Å²) >= 11 is 0. The highest BCUT2D eigenvalue weighted by molar-refractivity contribution is 5.94. The van der Waals surface area contributed by atoms with Crippen molar-refractivity contribution in [3.8, 4) is 11.1 Å². The Kier molecular flexibility index (Phi) is 8.78. The Balaban J connectivity index is 1.62. The number of halogens is 3. The van der Waals surface area contributed by atoms with E-state index in [1.807, 2.05) is 36.4 Å². The fraction of sp³-hybridized carbons (Fsp3) is 0.200. The van der Waals surface area contributed by atoms with E-state index in [9.17, 15) is 22.8 Å². The van der Waals surface area contributed by atoms with Gasteiger partial charge in [-0.2, -0.15) is 18.3 Å². The quantitative estimate of drug-likeness (QED) is 0.209. The average molecular weight is 549 g/mol. The molecule has 2 aromatic carbocycles. The van der Waals surface area contributed by atoms with Crippen LogP contribution in [0.2, 0.25) is 0 Å². The van der Waals surface area contributed by atoms with Gasteiger partial charge in [-0.25, -0.2) is 4.79 Å². The van der Waals surface area contributed by atoms with Crippen LogP contribution in [0.3, 0.4) is 0 Å². The third-order valence-electron chi connectivity index (χ3n) is 6.30. The molecular weight excluding hydrogens is 521 g/mol. The minimum atomic E-state index is -4.46. The summed E-state index contributed by atoms with van der Waals surface area (Å²) in [6, 6.07) is 14.8. The smallest absolute Gasteiger partial charge is 0.416 e. The van der Waals surface area contributed by atoms with Crippen molar-refractivity contribution < 1.29 is 27.5 Å². The predicted octanol–water partition coefficient (Wildman–Crippen LogP) is 5.33. The summed E-state index contributed by atoms with van der Waals surface area (Å²) in [6.07, 6.45) is 5.13. The average Bonchev–Trinajstić information content (AvgIpc) is 3.38. The number of rotatable bonds is 9. The van der Waals surface area contributed by atoms with Gasteiger partial charge in [0.05, 0.1) is 18.9 Å². The Morgan fingerprint density at radius 2 is 1.62 bits per heavy atom. The van der Waals surface area contributed by atoms with E-state index in [0.29, 0.717) is 5.56 Å². The number of aryl methyl sites for hydroxylation is 1. The Morgan fingerprint density at radius 3 is 2.20 bits per heavy atom. The fourth-order valence-electron chi connectivity index (χ4n) is 4.19. The standard InChI is InChI=1S/C30H27F3N4O3/c1-36-19-23(18-35-36)17-27(29(39)40-2)37(20-22-3-8-24(9-4-22)25-13-15-34-16-14-25)28(38)12-7-21-5-10-26(11-6-21)30(31,32)33/h3-16,18-19,27H,17,20H2,1-2H3/b12-7+. The first kappa shape index (κ1) is 28.3. The molecule has 7 nitrogen and oxygen atoms in total. The van der Waals surface area contributed by atoms with Gasteiger partial charge in [-0.15, -0.1) is 0 Å². The molecule has 2 heterocycles. The van der Waals surface area contributed by atoms with Crippen LogP contribution < -0.4 is 0 Å². The van der Waals surface area contributed by atoms with Crippen molar-refractivity contribution in [3.05, 3.63) is 114 Å². The van der Waals surface area contributed by atoms with Crippen molar-refractivity contribution in [1.29, 1.82) is 0 Å². The number of hydrogen-bond donors (Lipinski definition) is 0. The van der Waals surface area contributed by atoms with Crippen LogP contribution >= 0.6 is 0 Å². The van der Waals surface area contributed by atoms with Crippen LogP contribution in [-0.2, 0) is 40.5 Å². The topological polar surface area (TPSA) is 77.3 Å². The van der Waals surface area contributed by atoms with Gasteiger partial charge in [0.2, 0.25) is 5.91 Å². The normalized spacial score (nSPS) is 12.3. The molecule has 0 aliphatic carbocycles. The second-order valence-corrected chi connectivity index (χ2v) is 9.12. The molecule has 0 radical (unpaired) electrons. The first-order valence-corrected chi connectivity index (χ1v) is 12.3. The van der Waals surface area contributed by atoms with Crippen LogP contribution in [0.4, 0.5) is 13.2 Å².